The van der Waals surface area contributed by atoms with Crippen LogP contribution in [0.15, 0.2) is 67.1 Å². The van der Waals surface area contributed by atoms with Crippen molar-refractivity contribution in [1.29, 1.82) is 0 Å². The summed E-state index contributed by atoms with van der Waals surface area (Å²) in [6.07, 6.45) is 10.1. The molecular weight excluding hydrogens is 358 g/mol. The summed E-state index contributed by atoms with van der Waals surface area (Å²) >= 11 is 0. The lowest BCUT2D eigenvalue weighted by molar-refractivity contribution is 0.400. The lowest BCUT2D eigenvalue weighted by Crippen LogP contribution is -2.35. The van der Waals surface area contributed by atoms with Crippen LogP contribution >= 0.6 is 0 Å². The molecule has 3 aromatic rings. The van der Waals surface area contributed by atoms with Gasteiger partial charge in [0, 0.05) is 45.3 Å². The monoisotopic (exact) mass is 387 g/mol. The third kappa shape index (κ3) is 5.31. The fourth-order valence-corrected chi connectivity index (χ4v) is 3.95. The van der Waals surface area contributed by atoms with Gasteiger partial charge in [0.25, 0.3) is 0 Å². The average molecular weight is 388 g/mol. The lowest BCUT2D eigenvalue weighted by atomic mass is 9.90. The molecule has 4 rings (SSSR count). The van der Waals surface area contributed by atoms with Gasteiger partial charge in [-0.1, -0.05) is 30.3 Å². The topological polar surface area (TPSA) is 45.2 Å². The first-order valence-corrected chi connectivity index (χ1v) is 10.5. The average Bonchev–Trinajstić information content (AvgIpc) is 2.79. The maximum Gasteiger partial charge on any atom is 0.227 e. The number of benzene rings is 1. The first-order chi connectivity index (χ1) is 14.3. The second kappa shape index (κ2) is 9.50. The van der Waals surface area contributed by atoms with E-state index in [1.807, 2.05) is 24.7 Å². The van der Waals surface area contributed by atoms with Gasteiger partial charge in [-0.25, -0.2) is 4.98 Å². The van der Waals surface area contributed by atoms with Gasteiger partial charge >= 0.3 is 0 Å². The van der Waals surface area contributed by atoms with Gasteiger partial charge in [-0.15, -0.1) is 0 Å². The Morgan fingerprint density at radius 1 is 0.931 bits per heavy atom. The minimum Gasteiger partial charge on any atom is -0.359 e. The molecule has 29 heavy (non-hydrogen) atoms. The van der Waals surface area contributed by atoms with Crippen molar-refractivity contribution in [2.24, 2.45) is 5.92 Å². The Bertz CT molecular complexity index is 876. The first-order valence-electron chi connectivity index (χ1n) is 10.5. The molecule has 0 saturated carbocycles. The summed E-state index contributed by atoms with van der Waals surface area (Å²) in [7, 11) is 2.10. The predicted octanol–water partition coefficient (Wildman–Crippen LogP) is 4.01. The van der Waals surface area contributed by atoms with Gasteiger partial charge in [0.2, 0.25) is 5.95 Å². The first kappa shape index (κ1) is 19.4. The molecule has 5 nitrogen and oxygen atoms in total. The zero-order chi connectivity index (χ0) is 19.9. The van der Waals surface area contributed by atoms with Gasteiger partial charge in [-0.3, -0.25) is 4.98 Å². The molecule has 150 valence electrons. The van der Waals surface area contributed by atoms with Crippen molar-refractivity contribution in [3.63, 3.8) is 0 Å². The molecule has 0 radical (unpaired) electrons. The van der Waals surface area contributed by atoms with Crippen LogP contribution in [0.2, 0.25) is 0 Å². The third-order valence-corrected chi connectivity index (χ3v) is 5.77. The van der Waals surface area contributed by atoms with E-state index in [4.69, 9.17) is 4.98 Å². The molecule has 0 N–H and O–H groups in total. The summed E-state index contributed by atoms with van der Waals surface area (Å²) in [5.41, 5.74) is 2.74. The molecule has 1 aliphatic heterocycles. The fraction of sp³-hybridized carbons (Fsp3) is 0.375. The van der Waals surface area contributed by atoms with Gasteiger partial charge in [-0.2, -0.15) is 4.98 Å². The van der Waals surface area contributed by atoms with Gasteiger partial charge in [0.15, 0.2) is 0 Å². The van der Waals surface area contributed by atoms with E-state index in [1.54, 1.807) is 0 Å². The van der Waals surface area contributed by atoms with E-state index in [2.05, 4.69) is 69.3 Å². The molecule has 0 unspecified atom stereocenters. The van der Waals surface area contributed by atoms with Gasteiger partial charge in [-0.05, 0) is 60.9 Å². The van der Waals surface area contributed by atoms with E-state index in [9.17, 15) is 0 Å². The molecule has 5 heteroatoms. The molecule has 2 aromatic heterocycles. The summed E-state index contributed by atoms with van der Waals surface area (Å²) < 4.78 is 0. The standard InChI is InChI=1S/C24H29N5/c1-28(16-10-20-7-13-25-14-8-20)23-9-15-26-24(27-23)29-17-11-22(12-18-29)19-21-5-3-2-4-6-21/h2-9,13-15,22H,10-12,16-19H2,1H3. The van der Waals surface area contributed by atoms with Crippen molar-refractivity contribution in [2.75, 3.05) is 36.5 Å². The Balaban J connectivity index is 1.31. The van der Waals surface area contributed by atoms with Gasteiger partial charge < -0.3 is 9.80 Å². The second-order valence-electron chi connectivity index (χ2n) is 7.86. The summed E-state index contributed by atoms with van der Waals surface area (Å²) in [4.78, 5) is 18.0. The number of hydrogen-bond acceptors (Lipinski definition) is 5. The Kier molecular flexibility index (Phi) is 6.35. The summed E-state index contributed by atoms with van der Waals surface area (Å²) in [5, 5.41) is 0. The molecule has 0 spiro atoms. The highest BCUT2D eigenvalue weighted by Crippen LogP contribution is 2.24. The van der Waals surface area contributed by atoms with Crippen LogP contribution in [-0.2, 0) is 12.8 Å². The predicted molar refractivity (Wildman–Crippen MR) is 118 cm³/mol. The van der Waals surface area contributed by atoms with Crippen molar-refractivity contribution in [3.8, 4) is 0 Å². The van der Waals surface area contributed by atoms with Crippen molar-refractivity contribution in [2.45, 2.75) is 25.7 Å². The number of aromatic nitrogens is 3. The third-order valence-electron chi connectivity index (χ3n) is 5.77. The maximum atomic E-state index is 4.85. The SMILES string of the molecule is CN(CCc1ccncc1)c1ccnc(N2CCC(Cc3ccccc3)CC2)n1. The second-order valence-corrected chi connectivity index (χ2v) is 7.86. The number of anilines is 2. The molecule has 0 aliphatic carbocycles. The van der Waals surface area contributed by atoms with E-state index < -0.39 is 0 Å². The van der Waals surface area contributed by atoms with Crippen LogP contribution in [0.4, 0.5) is 11.8 Å². The van der Waals surface area contributed by atoms with Crippen LogP contribution in [0.1, 0.15) is 24.0 Å². The Hall–Kier alpha value is -2.95. The molecule has 3 heterocycles. The number of likely N-dealkylation sites (N-methyl/N-ethyl adjacent to an activating group) is 1. The molecule has 1 aliphatic rings. The smallest absolute Gasteiger partial charge is 0.227 e. The summed E-state index contributed by atoms with van der Waals surface area (Å²) in [6, 6.07) is 17.0. The Morgan fingerprint density at radius 2 is 1.69 bits per heavy atom. The highest BCUT2D eigenvalue weighted by Gasteiger charge is 2.21. The maximum absolute atomic E-state index is 4.85. The summed E-state index contributed by atoms with van der Waals surface area (Å²) in [5.74, 6) is 2.59. The lowest BCUT2D eigenvalue weighted by Gasteiger charge is -2.32. The zero-order valence-corrected chi connectivity index (χ0v) is 17.1. The molecule has 1 saturated heterocycles. The zero-order valence-electron chi connectivity index (χ0n) is 17.1. The number of hydrogen-bond donors (Lipinski definition) is 0. The highest BCUT2D eigenvalue weighted by atomic mass is 15.3. The van der Waals surface area contributed by atoms with E-state index >= 15 is 0 Å². The van der Waals surface area contributed by atoms with Crippen LogP contribution in [0.25, 0.3) is 0 Å². The Morgan fingerprint density at radius 3 is 2.45 bits per heavy atom. The van der Waals surface area contributed by atoms with Crippen LogP contribution < -0.4 is 9.80 Å². The van der Waals surface area contributed by atoms with Crippen LogP contribution in [0.3, 0.4) is 0 Å². The minimum absolute atomic E-state index is 0.750. The number of rotatable bonds is 7. The number of nitrogens with zero attached hydrogens (tertiary/aromatic N) is 5. The highest BCUT2D eigenvalue weighted by molar-refractivity contribution is 5.43. The van der Waals surface area contributed by atoms with Gasteiger partial charge in [0.05, 0.1) is 0 Å². The summed E-state index contributed by atoms with van der Waals surface area (Å²) in [6.45, 7) is 2.98. The Labute approximate surface area is 173 Å². The van der Waals surface area contributed by atoms with Crippen molar-refractivity contribution in [3.05, 3.63) is 78.2 Å². The molecule has 1 fully saturated rings. The van der Waals surface area contributed by atoms with Crippen LogP contribution in [0, 0.1) is 5.92 Å². The molecule has 0 atom stereocenters. The number of piperidine rings is 1. The van der Waals surface area contributed by atoms with Crippen LogP contribution in [0.5, 0.6) is 0 Å². The quantitative estimate of drug-likeness (QED) is 0.613. The van der Waals surface area contributed by atoms with Gasteiger partial charge in [0.1, 0.15) is 5.82 Å². The van der Waals surface area contributed by atoms with E-state index in [1.165, 1.54) is 30.4 Å². The van der Waals surface area contributed by atoms with Crippen LogP contribution in [-0.4, -0.2) is 41.6 Å². The molecule has 1 aromatic carbocycles. The van der Waals surface area contributed by atoms with Crippen molar-refractivity contribution >= 4 is 11.8 Å². The van der Waals surface area contributed by atoms with E-state index in [0.29, 0.717) is 0 Å². The van der Waals surface area contributed by atoms with E-state index in [-0.39, 0.29) is 0 Å². The fourth-order valence-electron chi connectivity index (χ4n) is 3.95. The van der Waals surface area contributed by atoms with E-state index in [0.717, 1.165) is 43.7 Å². The molecule has 0 bridgehead atoms. The molecule has 0 amide bonds. The number of pyridine rings is 1. The minimum atomic E-state index is 0.750. The van der Waals surface area contributed by atoms with Crippen molar-refractivity contribution in [1.82, 2.24) is 15.0 Å². The normalized spacial score (nSPS) is 14.7. The molecular formula is C24H29N5. The largest absolute Gasteiger partial charge is 0.359 e. The van der Waals surface area contributed by atoms with Crippen molar-refractivity contribution < 1.29 is 0 Å².